The Morgan fingerprint density at radius 1 is 0.875 bits per heavy atom. The Kier molecular flexibility index (Phi) is 9.13. The molecule has 1 heterocycles. The largest absolute Gasteiger partial charge is 0.497 e. The molecule has 0 aromatic heterocycles. The van der Waals surface area contributed by atoms with Crippen LogP contribution in [0.25, 0.3) is 0 Å². The van der Waals surface area contributed by atoms with E-state index in [1.54, 1.807) is 7.11 Å². The summed E-state index contributed by atoms with van der Waals surface area (Å²) in [5.41, 5.74) is 2.83. The van der Waals surface area contributed by atoms with Crippen LogP contribution in [0.3, 0.4) is 0 Å². The quantitative estimate of drug-likeness (QED) is 0.310. The smallest absolute Gasteiger partial charge is 0.138 e. The van der Waals surface area contributed by atoms with Crippen molar-refractivity contribution in [2.45, 2.75) is 12.8 Å². The van der Waals surface area contributed by atoms with Gasteiger partial charge in [0.2, 0.25) is 0 Å². The van der Waals surface area contributed by atoms with Gasteiger partial charge in [-0.15, -0.1) is 17.0 Å². The highest BCUT2D eigenvalue weighted by Crippen LogP contribution is 2.21. The first kappa shape index (κ1) is 23.8. The molecule has 0 atom stereocenters. The molecule has 0 unspecified atom stereocenters. The Balaban J connectivity index is 0.00000289. The van der Waals surface area contributed by atoms with Gasteiger partial charge in [0, 0.05) is 17.8 Å². The Morgan fingerprint density at radius 2 is 1.53 bits per heavy atom. The first-order valence-electron chi connectivity index (χ1n) is 10.8. The Labute approximate surface area is 200 Å². The van der Waals surface area contributed by atoms with Gasteiger partial charge in [-0.25, -0.2) is 4.99 Å². The lowest BCUT2D eigenvalue weighted by Gasteiger charge is -2.15. The molecule has 3 aromatic rings. The molecule has 0 aliphatic carbocycles. The SMILES string of the molecule is Br.COc1ccc(NC(=Nc2ccc(OCCN3CCCC3)cc2)c2ccccc2)cc1. The van der Waals surface area contributed by atoms with Gasteiger partial charge in [-0.3, -0.25) is 4.90 Å². The van der Waals surface area contributed by atoms with Crippen LogP contribution in [0.4, 0.5) is 11.4 Å². The van der Waals surface area contributed by atoms with E-state index in [1.807, 2.05) is 78.9 Å². The molecule has 1 saturated heterocycles. The number of aliphatic imine (C=N–C) groups is 1. The predicted octanol–water partition coefficient (Wildman–Crippen LogP) is 5.94. The first-order valence-corrected chi connectivity index (χ1v) is 10.8. The number of ether oxygens (including phenoxy) is 2. The molecule has 1 N–H and O–H groups in total. The first-order chi connectivity index (χ1) is 15.3. The van der Waals surface area contributed by atoms with Crippen LogP contribution in [0.1, 0.15) is 18.4 Å². The summed E-state index contributed by atoms with van der Waals surface area (Å²) in [4.78, 5) is 7.32. The molecule has 3 aromatic carbocycles. The second-order valence-corrected chi connectivity index (χ2v) is 7.57. The number of anilines is 1. The van der Waals surface area contributed by atoms with Gasteiger partial charge in [0.15, 0.2) is 0 Å². The van der Waals surface area contributed by atoms with Crippen molar-refractivity contribution in [1.29, 1.82) is 0 Å². The predicted molar refractivity (Wildman–Crippen MR) is 137 cm³/mol. The van der Waals surface area contributed by atoms with Gasteiger partial charge >= 0.3 is 0 Å². The van der Waals surface area contributed by atoms with Crippen molar-refractivity contribution in [2.75, 3.05) is 38.7 Å². The summed E-state index contributed by atoms with van der Waals surface area (Å²) in [6.45, 7) is 4.10. The van der Waals surface area contributed by atoms with Crippen LogP contribution in [0.2, 0.25) is 0 Å². The van der Waals surface area contributed by atoms with Gasteiger partial charge in [0.1, 0.15) is 23.9 Å². The Hall–Kier alpha value is -2.83. The lowest BCUT2D eigenvalue weighted by molar-refractivity contribution is 0.238. The van der Waals surface area contributed by atoms with Gasteiger partial charge in [-0.05, 0) is 74.5 Å². The second-order valence-electron chi connectivity index (χ2n) is 7.57. The standard InChI is InChI=1S/C26H29N3O2.BrH/c1-30-24-13-9-22(10-14-24)27-26(21-7-3-2-4-8-21)28-23-11-15-25(16-12-23)31-20-19-29-17-5-6-18-29;/h2-4,7-16H,5-6,17-20H2,1H3,(H,27,28);1H. The molecular weight excluding hydrogens is 466 g/mol. The summed E-state index contributed by atoms with van der Waals surface area (Å²) >= 11 is 0. The Bertz CT molecular complexity index is 970. The molecule has 1 aliphatic rings. The van der Waals surface area contributed by atoms with Gasteiger partial charge < -0.3 is 14.8 Å². The highest BCUT2D eigenvalue weighted by Gasteiger charge is 2.11. The molecule has 1 fully saturated rings. The Morgan fingerprint density at radius 3 is 2.19 bits per heavy atom. The molecule has 168 valence electrons. The molecule has 5 nitrogen and oxygen atoms in total. The van der Waals surface area contributed by atoms with Crippen molar-refractivity contribution < 1.29 is 9.47 Å². The minimum absolute atomic E-state index is 0. The van der Waals surface area contributed by atoms with Crippen molar-refractivity contribution in [3.8, 4) is 11.5 Å². The minimum atomic E-state index is 0. The van der Waals surface area contributed by atoms with Gasteiger partial charge in [0.25, 0.3) is 0 Å². The van der Waals surface area contributed by atoms with Crippen LogP contribution in [0.15, 0.2) is 83.9 Å². The van der Waals surface area contributed by atoms with Crippen molar-refractivity contribution in [3.05, 3.63) is 84.4 Å². The van der Waals surface area contributed by atoms with Crippen molar-refractivity contribution in [2.24, 2.45) is 4.99 Å². The van der Waals surface area contributed by atoms with Crippen molar-refractivity contribution >= 4 is 34.2 Å². The highest BCUT2D eigenvalue weighted by molar-refractivity contribution is 8.93. The monoisotopic (exact) mass is 495 g/mol. The minimum Gasteiger partial charge on any atom is -0.497 e. The summed E-state index contributed by atoms with van der Waals surface area (Å²) < 4.78 is 11.2. The topological polar surface area (TPSA) is 46.1 Å². The van der Waals surface area contributed by atoms with Gasteiger partial charge in [0.05, 0.1) is 12.8 Å². The van der Waals surface area contributed by atoms with Crippen LogP contribution in [-0.4, -0.2) is 44.1 Å². The molecule has 0 spiro atoms. The third kappa shape index (κ3) is 6.84. The van der Waals surface area contributed by atoms with E-state index in [0.717, 1.165) is 47.4 Å². The molecule has 6 heteroatoms. The maximum Gasteiger partial charge on any atom is 0.138 e. The van der Waals surface area contributed by atoms with E-state index in [4.69, 9.17) is 14.5 Å². The number of rotatable bonds is 8. The summed E-state index contributed by atoms with van der Waals surface area (Å²) in [7, 11) is 1.67. The van der Waals surface area contributed by atoms with Gasteiger partial charge in [-0.1, -0.05) is 30.3 Å². The number of likely N-dealkylation sites (tertiary alicyclic amines) is 1. The fraction of sp³-hybridized carbons (Fsp3) is 0.269. The van der Waals surface area contributed by atoms with E-state index >= 15 is 0 Å². The molecule has 0 bridgehead atoms. The molecular formula is C26H30BrN3O2. The van der Waals surface area contributed by atoms with E-state index in [0.29, 0.717) is 0 Å². The zero-order chi connectivity index (χ0) is 21.3. The lowest BCUT2D eigenvalue weighted by atomic mass is 10.2. The lowest BCUT2D eigenvalue weighted by Crippen LogP contribution is -2.25. The average Bonchev–Trinajstić information content (AvgIpc) is 3.34. The van der Waals surface area contributed by atoms with Crippen molar-refractivity contribution in [1.82, 2.24) is 4.90 Å². The van der Waals surface area contributed by atoms with E-state index < -0.39 is 0 Å². The fourth-order valence-electron chi connectivity index (χ4n) is 3.62. The van der Waals surface area contributed by atoms with Crippen molar-refractivity contribution in [3.63, 3.8) is 0 Å². The number of hydrogen-bond donors (Lipinski definition) is 1. The average molecular weight is 496 g/mol. The third-order valence-corrected chi connectivity index (χ3v) is 5.35. The molecule has 4 rings (SSSR count). The zero-order valence-electron chi connectivity index (χ0n) is 18.4. The molecule has 32 heavy (non-hydrogen) atoms. The number of nitrogens with zero attached hydrogens (tertiary/aromatic N) is 2. The van der Waals surface area contributed by atoms with Crippen LogP contribution in [0, 0.1) is 0 Å². The number of amidine groups is 1. The highest BCUT2D eigenvalue weighted by atomic mass is 79.9. The van der Waals surface area contributed by atoms with Crippen LogP contribution < -0.4 is 14.8 Å². The van der Waals surface area contributed by atoms with Gasteiger partial charge in [-0.2, -0.15) is 0 Å². The number of halogens is 1. The fourth-order valence-corrected chi connectivity index (χ4v) is 3.62. The molecule has 1 aliphatic heterocycles. The number of benzene rings is 3. The maximum absolute atomic E-state index is 5.91. The normalized spacial score (nSPS) is 14.0. The van der Waals surface area contributed by atoms with E-state index in [9.17, 15) is 0 Å². The summed E-state index contributed by atoms with van der Waals surface area (Å²) in [5.74, 6) is 2.49. The molecule has 0 radical (unpaired) electrons. The van der Waals surface area contributed by atoms with Crippen LogP contribution >= 0.6 is 17.0 Å². The maximum atomic E-state index is 5.91. The number of nitrogens with one attached hydrogen (secondary N) is 1. The molecule has 0 amide bonds. The van der Waals surface area contributed by atoms with Crippen LogP contribution in [-0.2, 0) is 0 Å². The number of methoxy groups -OCH3 is 1. The summed E-state index contributed by atoms with van der Waals surface area (Å²) in [6.07, 6.45) is 2.61. The third-order valence-electron chi connectivity index (χ3n) is 5.35. The summed E-state index contributed by atoms with van der Waals surface area (Å²) in [5, 5.41) is 3.43. The number of hydrogen-bond acceptors (Lipinski definition) is 4. The summed E-state index contributed by atoms with van der Waals surface area (Å²) in [6, 6.07) is 25.9. The van der Waals surface area contributed by atoms with E-state index in [2.05, 4.69) is 10.2 Å². The van der Waals surface area contributed by atoms with Crippen LogP contribution in [0.5, 0.6) is 11.5 Å². The van der Waals surface area contributed by atoms with E-state index in [-0.39, 0.29) is 17.0 Å². The zero-order valence-corrected chi connectivity index (χ0v) is 20.1. The second kappa shape index (κ2) is 12.3. The molecule has 0 saturated carbocycles. The van der Waals surface area contributed by atoms with E-state index in [1.165, 1.54) is 25.9 Å².